The van der Waals surface area contributed by atoms with Crippen LogP contribution in [0.4, 0.5) is 0 Å². The fourth-order valence-corrected chi connectivity index (χ4v) is 3.18. The summed E-state index contributed by atoms with van der Waals surface area (Å²) in [4.78, 5) is 25.6. The third-order valence-electron chi connectivity index (χ3n) is 2.68. The molecular weight excluding hydrogens is 344 g/mol. The van der Waals surface area contributed by atoms with E-state index in [0.29, 0.717) is 19.4 Å². The molecule has 0 fully saturated rings. The molecule has 0 aliphatic rings. The summed E-state index contributed by atoms with van der Waals surface area (Å²) in [6, 6.07) is 3.96. The average Bonchev–Trinajstić information content (AvgIpc) is 3.04. The highest BCUT2D eigenvalue weighted by molar-refractivity contribution is 9.11. The van der Waals surface area contributed by atoms with Gasteiger partial charge in [-0.3, -0.25) is 9.59 Å². The number of aromatic nitrogens is 3. The van der Waals surface area contributed by atoms with Crippen LogP contribution in [0.3, 0.4) is 0 Å². The Morgan fingerprint density at radius 1 is 1.55 bits per heavy atom. The van der Waals surface area contributed by atoms with Crippen LogP contribution in [-0.2, 0) is 17.9 Å². The maximum Gasteiger partial charge on any atom is 0.244 e. The van der Waals surface area contributed by atoms with Crippen molar-refractivity contribution in [2.75, 3.05) is 6.54 Å². The molecule has 0 spiro atoms. The molecule has 2 aromatic heterocycles. The van der Waals surface area contributed by atoms with Gasteiger partial charge in [0.2, 0.25) is 5.91 Å². The molecular formula is C12H13BrN4O2S. The first-order valence-corrected chi connectivity index (χ1v) is 7.60. The maximum atomic E-state index is 12.2. The first-order valence-electron chi connectivity index (χ1n) is 5.99. The minimum atomic E-state index is -0.0561. The van der Waals surface area contributed by atoms with Crippen LogP contribution < -0.4 is 0 Å². The Bertz CT molecular complexity index is 610. The molecule has 2 heterocycles. The fourth-order valence-electron chi connectivity index (χ4n) is 1.68. The lowest BCUT2D eigenvalue weighted by Gasteiger charge is -2.19. The molecule has 0 aliphatic heterocycles. The van der Waals surface area contributed by atoms with E-state index in [1.807, 2.05) is 19.1 Å². The van der Waals surface area contributed by atoms with Crippen LogP contribution >= 0.6 is 27.3 Å². The first-order chi connectivity index (χ1) is 9.62. The third kappa shape index (κ3) is 3.73. The second-order valence-corrected chi connectivity index (χ2v) is 6.62. The highest BCUT2D eigenvalue weighted by Gasteiger charge is 2.14. The predicted molar refractivity (Wildman–Crippen MR) is 78.5 cm³/mol. The summed E-state index contributed by atoms with van der Waals surface area (Å²) < 4.78 is 2.42. The average molecular weight is 357 g/mol. The summed E-state index contributed by atoms with van der Waals surface area (Å²) in [5.41, 5.74) is 0.225. The van der Waals surface area contributed by atoms with Gasteiger partial charge in [0.05, 0.1) is 16.5 Å². The minimum absolute atomic E-state index is 0.0561. The molecule has 0 aliphatic carbocycles. The van der Waals surface area contributed by atoms with E-state index < -0.39 is 0 Å². The van der Waals surface area contributed by atoms with Crippen LogP contribution in [0, 0.1) is 0 Å². The van der Waals surface area contributed by atoms with E-state index in [2.05, 4.69) is 26.2 Å². The highest BCUT2D eigenvalue weighted by atomic mass is 79.9. The molecule has 0 unspecified atom stereocenters. The van der Waals surface area contributed by atoms with Crippen LogP contribution in [0.1, 0.15) is 22.3 Å². The second kappa shape index (κ2) is 6.76. The largest absolute Gasteiger partial charge is 0.336 e. The molecule has 1 amide bonds. The molecule has 2 rings (SSSR count). The van der Waals surface area contributed by atoms with Gasteiger partial charge in [0, 0.05) is 11.4 Å². The molecule has 8 heteroatoms. The lowest BCUT2D eigenvalue weighted by Crippen LogP contribution is -2.33. The van der Waals surface area contributed by atoms with Crippen molar-refractivity contribution in [2.45, 2.75) is 20.0 Å². The minimum Gasteiger partial charge on any atom is -0.336 e. The van der Waals surface area contributed by atoms with E-state index in [9.17, 15) is 9.59 Å². The van der Waals surface area contributed by atoms with Crippen molar-refractivity contribution in [1.29, 1.82) is 0 Å². The number of nitrogens with zero attached hydrogens (tertiary/aromatic N) is 4. The van der Waals surface area contributed by atoms with E-state index in [0.717, 1.165) is 8.66 Å². The Morgan fingerprint density at radius 2 is 2.35 bits per heavy atom. The molecule has 2 aromatic rings. The van der Waals surface area contributed by atoms with Gasteiger partial charge in [-0.15, -0.1) is 16.4 Å². The molecule has 0 bridgehead atoms. The number of amides is 1. The maximum absolute atomic E-state index is 12.2. The summed E-state index contributed by atoms with van der Waals surface area (Å²) in [5.74, 6) is -0.0561. The molecule has 6 nitrogen and oxygen atoms in total. The molecule has 0 radical (unpaired) electrons. The number of carbonyl (C=O) groups is 2. The van der Waals surface area contributed by atoms with Gasteiger partial charge in [0.15, 0.2) is 6.29 Å². The molecule has 0 atom stereocenters. The number of carbonyl (C=O) groups excluding carboxylic acids is 2. The number of likely N-dealkylation sites (N-methyl/N-ethyl adjacent to an activating group) is 1. The summed E-state index contributed by atoms with van der Waals surface area (Å²) >= 11 is 5.01. The Labute approximate surface area is 128 Å². The summed E-state index contributed by atoms with van der Waals surface area (Å²) in [5, 5.41) is 7.37. The standard InChI is InChI=1S/C12H13BrN4O2S/c1-2-16(6-10-3-4-11(13)20-10)12(19)7-17-5-9(8-18)14-15-17/h3-5,8H,2,6-7H2,1H3. The van der Waals surface area contributed by atoms with Gasteiger partial charge < -0.3 is 4.90 Å². The number of thiophene rings is 1. The normalized spacial score (nSPS) is 10.5. The van der Waals surface area contributed by atoms with E-state index in [-0.39, 0.29) is 18.1 Å². The highest BCUT2D eigenvalue weighted by Crippen LogP contribution is 2.23. The van der Waals surface area contributed by atoms with Crippen molar-refractivity contribution in [3.8, 4) is 0 Å². The van der Waals surface area contributed by atoms with Gasteiger partial charge in [0.25, 0.3) is 0 Å². The van der Waals surface area contributed by atoms with Crippen LogP contribution in [0.5, 0.6) is 0 Å². The zero-order valence-corrected chi connectivity index (χ0v) is 13.2. The van der Waals surface area contributed by atoms with E-state index in [4.69, 9.17) is 0 Å². The van der Waals surface area contributed by atoms with E-state index >= 15 is 0 Å². The number of hydrogen-bond acceptors (Lipinski definition) is 5. The van der Waals surface area contributed by atoms with E-state index in [1.54, 1.807) is 16.2 Å². The first kappa shape index (κ1) is 14.9. The Hall–Kier alpha value is -1.54. The Balaban J connectivity index is 1.99. The van der Waals surface area contributed by atoms with Gasteiger partial charge in [-0.25, -0.2) is 4.68 Å². The molecule has 0 saturated carbocycles. The third-order valence-corrected chi connectivity index (χ3v) is 4.29. The van der Waals surface area contributed by atoms with Gasteiger partial charge in [-0.1, -0.05) is 5.21 Å². The fraction of sp³-hybridized carbons (Fsp3) is 0.333. The topological polar surface area (TPSA) is 68.1 Å². The van der Waals surface area contributed by atoms with Crippen LogP contribution in [-0.4, -0.2) is 38.6 Å². The molecule has 20 heavy (non-hydrogen) atoms. The smallest absolute Gasteiger partial charge is 0.244 e. The zero-order chi connectivity index (χ0) is 14.5. The zero-order valence-electron chi connectivity index (χ0n) is 10.8. The second-order valence-electron chi connectivity index (χ2n) is 4.07. The molecule has 0 N–H and O–H groups in total. The van der Waals surface area contributed by atoms with Crippen molar-refractivity contribution >= 4 is 39.5 Å². The number of rotatable bonds is 6. The molecule has 106 valence electrons. The van der Waals surface area contributed by atoms with Gasteiger partial charge in [0.1, 0.15) is 12.2 Å². The number of hydrogen-bond donors (Lipinski definition) is 0. The van der Waals surface area contributed by atoms with Crippen LogP contribution in [0.25, 0.3) is 0 Å². The number of halogens is 1. The summed E-state index contributed by atoms with van der Waals surface area (Å²) in [6.07, 6.45) is 2.06. The van der Waals surface area contributed by atoms with Gasteiger partial charge >= 0.3 is 0 Å². The SMILES string of the molecule is CCN(Cc1ccc(Br)s1)C(=O)Cn1cc(C=O)nn1. The molecule has 0 aromatic carbocycles. The monoisotopic (exact) mass is 356 g/mol. The number of aldehydes is 1. The lowest BCUT2D eigenvalue weighted by molar-refractivity contribution is -0.132. The van der Waals surface area contributed by atoms with Gasteiger partial charge in [-0.05, 0) is 35.0 Å². The predicted octanol–water partition coefficient (Wildman–Crippen LogP) is 1.96. The van der Waals surface area contributed by atoms with Gasteiger partial charge in [-0.2, -0.15) is 0 Å². The lowest BCUT2D eigenvalue weighted by atomic mass is 10.4. The molecule has 0 saturated heterocycles. The van der Waals surface area contributed by atoms with Crippen molar-refractivity contribution in [2.24, 2.45) is 0 Å². The van der Waals surface area contributed by atoms with Crippen molar-refractivity contribution in [1.82, 2.24) is 19.9 Å². The van der Waals surface area contributed by atoms with Crippen molar-refractivity contribution in [3.63, 3.8) is 0 Å². The quantitative estimate of drug-likeness (QED) is 0.742. The Morgan fingerprint density at radius 3 is 2.90 bits per heavy atom. The van der Waals surface area contributed by atoms with Crippen molar-refractivity contribution in [3.05, 3.63) is 32.7 Å². The van der Waals surface area contributed by atoms with E-state index in [1.165, 1.54) is 10.9 Å². The van der Waals surface area contributed by atoms with Crippen LogP contribution in [0.2, 0.25) is 0 Å². The summed E-state index contributed by atoms with van der Waals surface area (Å²) in [6.45, 7) is 3.20. The van der Waals surface area contributed by atoms with Crippen LogP contribution in [0.15, 0.2) is 22.1 Å². The Kier molecular flexibility index (Phi) is 5.02. The summed E-state index contributed by atoms with van der Waals surface area (Å²) in [7, 11) is 0. The van der Waals surface area contributed by atoms with Crippen molar-refractivity contribution < 1.29 is 9.59 Å².